The first-order valence-corrected chi connectivity index (χ1v) is 7.88. The number of rotatable bonds is 1. The summed E-state index contributed by atoms with van der Waals surface area (Å²) < 4.78 is 5.39. The maximum atomic E-state index is 5.39. The maximum Gasteiger partial charge on any atom is 2.00 e. The van der Waals surface area contributed by atoms with Crippen LogP contribution in [0.1, 0.15) is 25.0 Å². The Balaban J connectivity index is 0. The largest absolute Gasteiger partial charge is 2.00 e. The van der Waals surface area contributed by atoms with E-state index in [1.54, 1.807) is 7.11 Å². The minimum atomic E-state index is 0. The molecule has 0 radical (unpaired) electrons. The van der Waals surface area contributed by atoms with Gasteiger partial charge in [0.25, 0.3) is 0 Å². The van der Waals surface area contributed by atoms with Gasteiger partial charge in [-0.05, 0) is 12.0 Å². The number of benzene rings is 2. The van der Waals surface area contributed by atoms with Gasteiger partial charge in [0.05, 0.1) is 7.11 Å². The number of halogens is 2. The quantitative estimate of drug-likeness (QED) is 0.351. The topological polar surface area (TPSA) is 9.23 Å². The molecule has 0 aliphatic heterocycles. The molecule has 4 rings (SSSR count). The predicted octanol–water partition coefficient (Wildman–Crippen LogP) is -0.292. The van der Waals surface area contributed by atoms with Gasteiger partial charge < -0.3 is 36.0 Å². The third-order valence-electron chi connectivity index (χ3n) is 3.47. The summed E-state index contributed by atoms with van der Waals surface area (Å²) in [7, 11) is 1.72. The van der Waals surface area contributed by atoms with Crippen LogP contribution in [0.3, 0.4) is 0 Å². The third-order valence-corrected chi connectivity index (χ3v) is 3.47. The zero-order valence-corrected chi connectivity index (χ0v) is 19.3. The van der Waals surface area contributed by atoms with Gasteiger partial charge in [-0.1, -0.05) is 35.4 Å². The third kappa shape index (κ3) is 7.35. The van der Waals surface area contributed by atoms with E-state index in [1.807, 2.05) is 62.7 Å². The van der Waals surface area contributed by atoms with Crippen LogP contribution >= 0.6 is 0 Å². The van der Waals surface area contributed by atoms with Crippen molar-refractivity contribution in [2.75, 3.05) is 7.11 Å². The molecule has 3 aromatic carbocycles. The second-order valence-corrected chi connectivity index (χ2v) is 5.27. The van der Waals surface area contributed by atoms with Crippen LogP contribution in [-0.2, 0) is 32.6 Å². The van der Waals surface area contributed by atoms with E-state index in [1.165, 1.54) is 22.3 Å². The van der Waals surface area contributed by atoms with Crippen LogP contribution in [-0.4, -0.2) is 7.11 Å². The molecule has 0 bridgehead atoms. The summed E-state index contributed by atoms with van der Waals surface area (Å²) >= 11 is 0. The Kier molecular flexibility index (Phi) is 15.9. The summed E-state index contributed by atoms with van der Waals surface area (Å²) in [6, 6.07) is 25.7. The van der Waals surface area contributed by atoms with Crippen LogP contribution in [0, 0.1) is 12.5 Å². The van der Waals surface area contributed by atoms with Gasteiger partial charge in [0.1, 0.15) is 0 Å². The molecule has 1 nitrogen and oxygen atoms in total. The van der Waals surface area contributed by atoms with Crippen molar-refractivity contribution in [1.29, 1.82) is 0 Å². The van der Waals surface area contributed by atoms with Crippen molar-refractivity contribution < 1.29 is 55.8 Å². The van der Waals surface area contributed by atoms with Crippen molar-refractivity contribution in [3.05, 3.63) is 90.3 Å². The van der Waals surface area contributed by atoms with E-state index in [4.69, 9.17) is 4.74 Å². The van der Waals surface area contributed by atoms with Gasteiger partial charge in [0.2, 0.25) is 0 Å². The van der Waals surface area contributed by atoms with Gasteiger partial charge >= 0.3 is 26.2 Å². The van der Waals surface area contributed by atoms with Crippen molar-refractivity contribution in [2.24, 2.45) is 0 Å². The average molecular weight is 466 g/mol. The predicted molar refractivity (Wildman–Crippen MR) is 97.8 cm³/mol. The molecule has 0 amide bonds. The monoisotopic (exact) mass is 463 g/mol. The van der Waals surface area contributed by atoms with Crippen LogP contribution in [0.15, 0.2) is 66.7 Å². The van der Waals surface area contributed by atoms with E-state index >= 15 is 0 Å². The van der Waals surface area contributed by atoms with Crippen LogP contribution in [0.25, 0.3) is 11.1 Å². The maximum absolute atomic E-state index is 5.39. The van der Waals surface area contributed by atoms with Crippen LogP contribution in [0.2, 0.25) is 0 Å². The van der Waals surface area contributed by atoms with Gasteiger partial charge in [-0.25, -0.2) is 12.1 Å². The molecule has 0 aromatic heterocycles. The SMILES string of the molecule is COc1cc[c-]c2c1-c1ccccc1C2.C[CH-]C.[Cl-].[Cl-].[Zr+2].c1cc[cH-]c1. The van der Waals surface area contributed by atoms with Gasteiger partial charge in [-0.15, -0.1) is 11.6 Å². The Hall–Kier alpha value is -0.947. The summed E-state index contributed by atoms with van der Waals surface area (Å²) in [5, 5.41) is 0. The number of ether oxygens (including phenoxy) is 1. The second-order valence-electron chi connectivity index (χ2n) is 5.27. The molecule has 0 atom stereocenters. The Morgan fingerprint density at radius 1 is 1.00 bits per heavy atom. The summed E-state index contributed by atoms with van der Waals surface area (Å²) in [5.41, 5.74) is 5.13. The van der Waals surface area contributed by atoms with E-state index in [9.17, 15) is 0 Å². The molecule has 1 aliphatic carbocycles. The van der Waals surface area contributed by atoms with Crippen LogP contribution in [0.4, 0.5) is 0 Å². The number of methoxy groups -OCH3 is 1. The van der Waals surface area contributed by atoms with Crippen LogP contribution < -0.4 is 29.6 Å². The summed E-state index contributed by atoms with van der Waals surface area (Å²) in [6.07, 6.45) is 2.97. The van der Waals surface area contributed by atoms with Gasteiger partial charge in [0.15, 0.2) is 0 Å². The number of fused-ring (bicyclic) bond motifs is 3. The van der Waals surface area contributed by atoms with Gasteiger partial charge in [-0.2, -0.15) is 44.2 Å². The molecular weight excluding hydrogens is 442 g/mol. The fourth-order valence-corrected chi connectivity index (χ4v) is 2.56. The molecule has 0 heterocycles. The molecule has 0 saturated heterocycles. The Bertz CT molecular complexity index is 695. The first-order chi connectivity index (χ1) is 11.3. The molecule has 1 aliphatic rings. The number of hydrogen-bond acceptors (Lipinski definition) is 1. The minimum Gasteiger partial charge on any atom is -1.00 e. The Morgan fingerprint density at radius 3 is 2.15 bits per heavy atom. The Morgan fingerprint density at radius 2 is 1.62 bits per heavy atom. The van der Waals surface area contributed by atoms with Crippen molar-refractivity contribution in [2.45, 2.75) is 20.3 Å². The molecule has 3 aromatic rings. The molecule has 0 fully saturated rings. The summed E-state index contributed by atoms with van der Waals surface area (Å²) in [5.74, 6) is 0.952. The van der Waals surface area contributed by atoms with Crippen molar-refractivity contribution >= 4 is 0 Å². The normalized spacial score (nSPS) is 9.19. The molecule has 0 N–H and O–H groups in total. The first kappa shape index (κ1) is 27.3. The van der Waals surface area contributed by atoms with Crippen molar-refractivity contribution in [1.82, 2.24) is 0 Å². The van der Waals surface area contributed by atoms with E-state index in [2.05, 4.69) is 30.3 Å². The molecule has 0 saturated carbocycles. The van der Waals surface area contributed by atoms with Crippen LogP contribution in [0.5, 0.6) is 5.75 Å². The first-order valence-electron chi connectivity index (χ1n) is 7.88. The fraction of sp³-hybridized carbons (Fsp3) is 0.182. The van der Waals surface area contributed by atoms with E-state index in [-0.39, 0.29) is 51.0 Å². The standard InChI is InChI=1S/C14H11O.C5H5.C3H7.2ClH.Zr/c1-15-13-8-4-6-11-9-10-5-2-3-7-12(10)14(11)13;1-2-4-5-3-1;1-3-2;;;/h2-5,7-8H,9H2,1H3;1-5H;3H,1-2H3;2*1H;/q3*-1;;;+2/p-2. The van der Waals surface area contributed by atoms with E-state index in [0.29, 0.717) is 0 Å². The smallest absolute Gasteiger partial charge is 1.00 e. The Labute approximate surface area is 189 Å². The fourth-order valence-electron chi connectivity index (χ4n) is 2.56. The zero-order valence-electron chi connectivity index (χ0n) is 15.3. The molecule has 0 unspecified atom stereocenters. The number of hydrogen-bond donors (Lipinski definition) is 0. The molecule has 4 heteroatoms. The summed E-state index contributed by atoms with van der Waals surface area (Å²) in [6.45, 7) is 4.00. The van der Waals surface area contributed by atoms with Crippen molar-refractivity contribution in [3.8, 4) is 16.9 Å². The van der Waals surface area contributed by atoms with E-state index in [0.717, 1.165) is 12.2 Å². The van der Waals surface area contributed by atoms with Gasteiger partial charge in [-0.3, -0.25) is 0 Å². The molecule has 0 spiro atoms. The van der Waals surface area contributed by atoms with Gasteiger partial charge in [0, 0.05) is 5.75 Å². The van der Waals surface area contributed by atoms with E-state index < -0.39 is 0 Å². The average Bonchev–Trinajstić information content (AvgIpc) is 3.26. The molecule has 26 heavy (non-hydrogen) atoms. The molecular formula is C22H23Cl2OZr-3. The summed E-state index contributed by atoms with van der Waals surface area (Å²) in [4.78, 5) is 0. The second kappa shape index (κ2) is 15.1. The minimum absolute atomic E-state index is 0. The molecule has 138 valence electrons. The zero-order chi connectivity index (χ0) is 16.5. The van der Waals surface area contributed by atoms with Crippen molar-refractivity contribution in [3.63, 3.8) is 0 Å².